The SMILES string of the molecule is CC(C)(C)[Si](OCC1OC(O)CC1O)(c1ccccc1)c1ccccc1. The van der Waals surface area contributed by atoms with Crippen molar-refractivity contribution in [2.75, 3.05) is 6.61 Å². The number of ether oxygens (including phenoxy) is 1. The summed E-state index contributed by atoms with van der Waals surface area (Å²) in [5.41, 5.74) is 0. The van der Waals surface area contributed by atoms with E-state index in [0.717, 1.165) is 0 Å². The highest BCUT2D eigenvalue weighted by molar-refractivity contribution is 6.99. The van der Waals surface area contributed by atoms with E-state index in [1.54, 1.807) is 0 Å². The van der Waals surface area contributed by atoms with Crippen molar-refractivity contribution in [3.8, 4) is 0 Å². The molecule has 5 heteroatoms. The van der Waals surface area contributed by atoms with Crippen LogP contribution in [0.25, 0.3) is 0 Å². The van der Waals surface area contributed by atoms with Crippen LogP contribution < -0.4 is 10.4 Å². The monoisotopic (exact) mass is 372 g/mol. The van der Waals surface area contributed by atoms with Crippen LogP contribution >= 0.6 is 0 Å². The van der Waals surface area contributed by atoms with Crippen molar-refractivity contribution in [2.24, 2.45) is 0 Å². The Labute approximate surface area is 156 Å². The van der Waals surface area contributed by atoms with E-state index >= 15 is 0 Å². The number of aliphatic hydroxyl groups is 2. The van der Waals surface area contributed by atoms with E-state index < -0.39 is 26.8 Å². The largest absolute Gasteiger partial charge is 0.405 e. The lowest BCUT2D eigenvalue weighted by Crippen LogP contribution is -2.67. The van der Waals surface area contributed by atoms with Crippen LogP contribution in [-0.2, 0) is 9.16 Å². The van der Waals surface area contributed by atoms with Crippen molar-refractivity contribution >= 4 is 18.7 Å². The summed E-state index contributed by atoms with van der Waals surface area (Å²) in [6, 6.07) is 20.7. The Morgan fingerprint density at radius 2 is 1.46 bits per heavy atom. The molecule has 4 nitrogen and oxygen atoms in total. The first kappa shape index (κ1) is 19.3. The highest BCUT2D eigenvalue weighted by Gasteiger charge is 2.51. The van der Waals surface area contributed by atoms with Gasteiger partial charge >= 0.3 is 0 Å². The average Bonchev–Trinajstić information content (AvgIpc) is 2.94. The van der Waals surface area contributed by atoms with E-state index in [9.17, 15) is 10.2 Å². The maximum atomic E-state index is 10.2. The van der Waals surface area contributed by atoms with Crippen molar-refractivity contribution in [2.45, 2.75) is 50.7 Å². The smallest absolute Gasteiger partial charge is 0.261 e. The first-order valence-corrected chi connectivity index (χ1v) is 11.0. The third-order valence-electron chi connectivity index (χ3n) is 5.09. The van der Waals surface area contributed by atoms with Gasteiger partial charge in [-0.1, -0.05) is 81.4 Å². The predicted molar refractivity (Wildman–Crippen MR) is 105 cm³/mol. The molecular formula is C21H28O4Si. The Morgan fingerprint density at radius 1 is 0.962 bits per heavy atom. The zero-order valence-electron chi connectivity index (χ0n) is 15.6. The van der Waals surface area contributed by atoms with Gasteiger partial charge in [-0.25, -0.2) is 0 Å². The van der Waals surface area contributed by atoms with Gasteiger partial charge in [-0.05, 0) is 15.4 Å². The van der Waals surface area contributed by atoms with Gasteiger partial charge in [-0.2, -0.15) is 0 Å². The van der Waals surface area contributed by atoms with Crippen LogP contribution in [0.2, 0.25) is 5.04 Å². The topological polar surface area (TPSA) is 58.9 Å². The highest BCUT2D eigenvalue weighted by Crippen LogP contribution is 2.37. The molecule has 0 bridgehead atoms. The van der Waals surface area contributed by atoms with Crippen LogP contribution in [0, 0.1) is 0 Å². The number of aliphatic hydroxyl groups excluding tert-OH is 2. The van der Waals surface area contributed by atoms with Crippen molar-refractivity contribution in [1.82, 2.24) is 0 Å². The fraction of sp³-hybridized carbons (Fsp3) is 0.429. The maximum Gasteiger partial charge on any atom is 0.261 e. The van der Waals surface area contributed by atoms with Gasteiger partial charge in [0.05, 0.1) is 12.7 Å². The van der Waals surface area contributed by atoms with Gasteiger partial charge in [0.15, 0.2) is 6.29 Å². The summed E-state index contributed by atoms with van der Waals surface area (Å²) in [5.74, 6) is 0. The van der Waals surface area contributed by atoms with Gasteiger partial charge in [-0.3, -0.25) is 0 Å². The molecule has 3 atom stereocenters. The van der Waals surface area contributed by atoms with E-state index in [0.29, 0.717) is 0 Å². The molecule has 0 aliphatic carbocycles. The molecular weight excluding hydrogens is 344 g/mol. The van der Waals surface area contributed by atoms with Crippen LogP contribution in [0.4, 0.5) is 0 Å². The predicted octanol–water partition coefficient (Wildman–Crippen LogP) is 2.03. The zero-order chi connectivity index (χ0) is 18.8. The minimum absolute atomic E-state index is 0.127. The van der Waals surface area contributed by atoms with Gasteiger partial charge in [0.25, 0.3) is 8.32 Å². The van der Waals surface area contributed by atoms with E-state index in [2.05, 4.69) is 45.0 Å². The zero-order valence-corrected chi connectivity index (χ0v) is 16.6. The Morgan fingerprint density at radius 3 is 1.85 bits per heavy atom. The van der Waals surface area contributed by atoms with Gasteiger partial charge in [0, 0.05) is 6.42 Å². The van der Waals surface area contributed by atoms with E-state index in [1.165, 1.54) is 10.4 Å². The normalized spacial score (nSPS) is 24.0. The molecule has 0 spiro atoms. The summed E-state index contributed by atoms with van der Waals surface area (Å²) < 4.78 is 12.2. The molecule has 1 fully saturated rings. The minimum atomic E-state index is -2.64. The molecule has 140 valence electrons. The Balaban J connectivity index is 2.03. The Kier molecular flexibility index (Phi) is 5.65. The summed E-state index contributed by atoms with van der Waals surface area (Å²) >= 11 is 0. The van der Waals surface area contributed by atoms with E-state index in [4.69, 9.17) is 9.16 Å². The highest BCUT2D eigenvalue weighted by atomic mass is 28.4. The lowest BCUT2D eigenvalue weighted by Gasteiger charge is -2.43. The molecule has 3 unspecified atom stereocenters. The summed E-state index contributed by atoms with van der Waals surface area (Å²) in [4.78, 5) is 0. The number of benzene rings is 2. The van der Waals surface area contributed by atoms with Crippen LogP contribution in [0.15, 0.2) is 60.7 Å². The molecule has 1 aliphatic rings. The van der Waals surface area contributed by atoms with Crippen molar-refractivity contribution < 1.29 is 19.4 Å². The average molecular weight is 373 g/mol. The van der Waals surface area contributed by atoms with Gasteiger partial charge in [-0.15, -0.1) is 0 Å². The van der Waals surface area contributed by atoms with Crippen LogP contribution in [0.3, 0.4) is 0 Å². The number of hydrogen-bond donors (Lipinski definition) is 2. The van der Waals surface area contributed by atoms with E-state index in [-0.39, 0.29) is 18.1 Å². The molecule has 1 saturated heterocycles. The minimum Gasteiger partial charge on any atom is -0.405 e. The fourth-order valence-electron chi connectivity index (χ4n) is 3.83. The van der Waals surface area contributed by atoms with Crippen molar-refractivity contribution in [3.63, 3.8) is 0 Å². The van der Waals surface area contributed by atoms with Crippen molar-refractivity contribution in [1.29, 1.82) is 0 Å². The number of hydrogen-bond acceptors (Lipinski definition) is 4. The lowest BCUT2D eigenvalue weighted by molar-refractivity contribution is -0.105. The molecule has 1 heterocycles. The number of rotatable bonds is 5. The second kappa shape index (κ2) is 7.62. The summed E-state index contributed by atoms with van der Waals surface area (Å²) in [7, 11) is -2.64. The second-order valence-electron chi connectivity index (χ2n) is 7.91. The summed E-state index contributed by atoms with van der Waals surface area (Å²) in [6.45, 7) is 6.88. The maximum absolute atomic E-state index is 10.2. The Hall–Kier alpha value is -1.50. The molecule has 0 radical (unpaired) electrons. The molecule has 1 aliphatic heterocycles. The van der Waals surface area contributed by atoms with Crippen LogP contribution in [-0.4, -0.2) is 43.6 Å². The summed E-state index contributed by atoms with van der Waals surface area (Å²) in [6.07, 6.45) is -1.90. The molecule has 2 aromatic rings. The summed E-state index contributed by atoms with van der Waals surface area (Å²) in [5, 5.41) is 22.1. The van der Waals surface area contributed by atoms with Gasteiger partial charge < -0.3 is 19.4 Å². The van der Waals surface area contributed by atoms with Crippen LogP contribution in [0.5, 0.6) is 0 Å². The van der Waals surface area contributed by atoms with Crippen molar-refractivity contribution in [3.05, 3.63) is 60.7 Å². The van der Waals surface area contributed by atoms with Gasteiger partial charge in [0.1, 0.15) is 6.10 Å². The lowest BCUT2D eigenvalue weighted by atomic mass is 10.2. The van der Waals surface area contributed by atoms with E-state index in [1.807, 2.05) is 36.4 Å². The molecule has 2 N–H and O–H groups in total. The third kappa shape index (κ3) is 3.63. The molecule has 2 aromatic carbocycles. The van der Waals surface area contributed by atoms with Crippen LogP contribution in [0.1, 0.15) is 27.2 Å². The van der Waals surface area contributed by atoms with Gasteiger partial charge in [0.2, 0.25) is 0 Å². The standard InChI is InChI=1S/C21H28O4Si/c1-21(2,3)26(16-10-6-4-7-11-16,17-12-8-5-9-13-17)24-15-19-18(22)14-20(23)25-19/h4-13,18-20,22-23H,14-15H2,1-3H3. The second-order valence-corrected chi connectivity index (χ2v) is 12.2. The molecule has 26 heavy (non-hydrogen) atoms. The quantitative estimate of drug-likeness (QED) is 0.789. The first-order chi connectivity index (χ1) is 12.3. The first-order valence-electron chi connectivity index (χ1n) is 9.11. The molecule has 0 saturated carbocycles. The Bertz CT molecular complexity index is 659. The molecule has 0 amide bonds. The third-order valence-corrected chi connectivity index (χ3v) is 10.1. The molecule has 3 rings (SSSR count). The molecule has 0 aromatic heterocycles. The fourth-order valence-corrected chi connectivity index (χ4v) is 8.40.